The first-order chi connectivity index (χ1) is 12.2. The number of aromatic nitrogens is 1. The Morgan fingerprint density at radius 1 is 1.48 bits per heavy atom. The Kier molecular flexibility index (Phi) is 5.30. The van der Waals surface area contributed by atoms with Crippen LogP contribution in [0.2, 0.25) is 0 Å². The Labute approximate surface area is 149 Å². The minimum Gasteiger partial charge on any atom is -0.444 e. The number of nitrogens with zero attached hydrogens (tertiary/aromatic N) is 2. The molecule has 2 atom stereocenters. The number of nitrogen functional groups attached to an aromatic ring is 1. The molecule has 7 nitrogen and oxygen atoms in total. The number of carbonyl (C=O) groups is 2. The first-order valence-corrected chi connectivity index (χ1v) is 8.85. The zero-order chi connectivity index (χ0) is 17.8. The van der Waals surface area contributed by atoms with E-state index in [4.69, 9.17) is 10.5 Å². The van der Waals surface area contributed by atoms with Crippen molar-refractivity contribution in [1.82, 2.24) is 15.2 Å². The minimum absolute atomic E-state index is 0.0455. The fourth-order valence-electron chi connectivity index (χ4n) is 3.13. The van der Waals surface area contributed by atoms with E-state index >= 15 is 0 Å². The summed E-state index contributed by atoms with van der Waals surface area (Å²) in [5, 5.41) is 3.71. The minimum atomic E-state index is -0.486. The quantitative estimate of drug-likeness (QED) is 0.766. The smallest absolute Gasteiger partial charge is 0.294 e. The van der Waals surface area contributed by atoms with E-state index in [2.05, 4.69) is 15.2 Å². The molecule has 1 aliphatic rings. The maximum absolute atomic E-state index is 11.9. The van der Waals surface area contributed by atoms with Crippen LogP contribution in [0, 0.1) is 0 Å². The van der Waals surface area contributed by atoms with E-state index in [1.807, 2.05) is 30.3 Å². The molecular weight excluding hydrogens is 340 g/mol. The van der Waals surface area contributed by atoms with Gasteiger partial charge in [0.25, 0.3) is 12.4 Å². The molecule has 1 fully saturated rings. The highest BCUT2D eigenvalue weighted by atomic mass is 32.1. The van der Waals surface area contributed by atoms with Crippen molar-refractivity contribution >= 4 is 28.7 Å². The van der Waals surface area contributed by atoms with E-state index in [9.17, 15) is 9.59 Å². The predicted octanol–water partition coefficient (Wildman–Crippen LogP) is 2.09. The maximum atomic E-state index is 11.9. The number of hydrogen-bond donors (Lipinski definition) is 2. The number of carbonyl (C=O) groups excluding carboxylic acids is 2. The fourth-order valence-corrected chi connectivity index (χ4v) is 4.11. The van der Waals surface area contributed by atoms with Gasteiger partial charge in [0.1, 0.15) is 10.0 Å². The van der Waals surface area contributed by atoms with Crippen molar-refractivity contribution < 1.29 is 14.3 Å². The molecule has 1 aromatic carbocycles. The first kappa shape index (κ1) is 17.4. The number of hydrogen-bond acceptors (Lipinski definition) is 7. The molecule has 2 aromatic rings. The molecule has 0 radical (unpaired) electrons. The molecule has 1 saturated heterocycles. The van der Waals surface area contributed by atoms with Crippen LogP contribution in [-0.2, 0) is 9.53 Å². The third kappa shape index (κ3) is 3.49. The van der Waals surface area contributed by atoms with Crippen LogP contribution >= 0.6 is 11.3 Å². The number of ether oxygens (including phenoxy) is 1. The van der Waals surface area contributed by atoms with Gasteiger partial charge in [-0.25, -0.2) is 4.98 Å². The molecule has 0 spiro atoms. The highest BCUT2D eigenvalue weighted by molar-refractivity contribution is 7.16. The van der Waals surface area contributed by atoms with Gasteiger partial charge in [0.2, 0.25) is 0 Å². The van der Waals surface area contributed by atoms with Crippen LogP contribution < -0.4 is 11.1 Å². The summed E-state index contributed by atoms with van der Waals surface area (Å²) in [5.74, 6) is -0.298. The zero-order valence-corrected chi connectivity index (χ0v) is 14.7. The number of likely N-dealkylation sites (tertiary alicyclic amines) is 1. The number of anilines is 1. The van der Waals surface area contributed by atoms with Gasteiger partial charge in [0, 0.05) is 19.2 Å². The van der Waals surface area contributed by atoms with Gasteiger partial charge < -0.3 is 15.8 Å². The van der Waals surface area contributed by atoms with E-state index in [1.165, 1.54) is 11.3 Å². The molecule has 2 unspecified atom stereocenters. The summed E-state index contributed by atoms with van der Waals surface area (Å²) in [4.78, 5) is 29.4. The number of thiazole rings is 1. The lowest BCUT2D eigenvalue weighted by molar-refractivity contribution is -0.145. The van der Waals surface area contributed by atoms with Crippen LogP contribution in [-0.4, -0.2) is 35.9 Å². The SMILES string of the molecule is CNC(=O)c1nc(C2CCCN2C(OC=O)c2ccccc2)sc1N. The summed E-state index contributed by atoms with van der Waals surface area (Å²) >= 11 is 1.31. The van der Waals surface area contributed by atoms with Gasteiger partial charge in [-0.15, -0.1) is 0 Å². The number of amides is 1. The molecule has 2 heterocycles. The molecule has 132 valence electrons. The monoisotopic (exact) mass is 360 g/mol. The molecule has 3 rings (SSSR count). The van der Waals surface area contributed by atoms with Crippen LogP contribution in [0.3, 0.4) is 0 Å². The standard InChI is InChI=1S/C17H20N4O3S/c1-19-15(23)13-14(18)25-16(20-13)12-8-5-9-21(12)17(24-10-22)11-6-3-2-4-7-11/h2-4,6-7,10,12,17H,5,8-9,18H2,1H3,(H,19,23). The van der Waals surface area contributed by atoms with Crippen molar-refractivity contribution in [3.05, 3.63) is 46.6 Å². The van der Waals surface area contributed by atoms with E-state index in [0.717, 1.165) is 30.0 Å². The van der Waals surface area contributed by atoms with Crippen LogP contribution in [0.4, 0.5) is 5.00 Å². The molecular formula is C17H20N4O3S. The molecule has 1 aromatic heterocycles. The fraction of sp³-hybridized carbons (Fsp3) is 0.353. The van der Waals surface area contributed by atoms with Gasteiger partial charge in [-0.1, -0.05) is 41.7 Å². The van der Waals surface area contributed by atoms with E-state index < -0.39 is 6.23 Å². The van der Waals surface area contributed by atoms with E-state index in [1.54, 1.807) is 7.05 Å². The van der Waals surface area contributed by atoms with Crippen LogP contribution in [0.25, 0.3) is 0 Å². The average Bonchev–Trinajstić information content (AvgIpc) is 3.26. The predicted molar refractivity (Wildman–Crippen MR) is 94.9 cm³/mol. The highest BCUT2D eigenvalue weighted by Crippen LogP contribution is 2.41. The molecule has 0 aliphatic carbocycles. The maximum Gasteiger partial charge on any atom is 0.294 e. The van der Waals surface area contributed by atoms with Crippen molar-refractivity contribution in [3.63, 3.8) is 0 Å². The summed E-state index contributed by atoms with van der Waals surface area (Å²) in [5.41, 5.74) is 7.12. The topological polar surface area (TPSA) is 97.5 Å². The molecule has 3 N–H and O–H groups in total. The van der Waals surface area contributed by atoms with Gasteiger partial charge >= 0.3 is 0 Å². The lowest BCUT2D eigenvalue weighted by Crippen LogP contribution is -2.30. The Morgan fingerprint density at radius 3 is 2.92 bits per heavy atom. The van der Waals surface area contributed by atoms with Gasteiger partial charge in [-0.2, -0.15) is 0 Å². The van der Waals surface area contributed by atoms with Crippen molar-refractivity contribution in [2.24, 2.45) is 0 Å². The summed E-state index contributed by atoms with van der Waals surface area (Å²) < 4.78 is 5.38. The average molecular weight is 360 g/mol. The molecule has 1 aliphatic heterocycles. The summed E-state index contributed by atoms with van der Waals surface area (Å²) in [7, 11) is 1.55. The molecule has 0 saturated carbocycles. The van der Waals surface area contributed by atoms with Gasteiger partial charge in [-0.05, 0) is 12.8 Å². The lowest BCUT2D eigenvalue weighted by Gasteiger charge is -2.30. The molecule has 0 bridgehead atoms. The molecule has 8 heteroatoms. The lowest BCUT2D eigenvalue weighted by atomic mass is 10.1. The second-order valence-corrected chi connectivity index (χ2v) is 6.80. The number of rotatable bonds is 6. The van der Waals surface area contributed by atoms with E-state index in [0.29, 0.717) is 11.5 Å². The summed E-state index contributed by atoms with van der Waals surface area (Å²) in [6.45, 7) is 1.24. The second-order valence-electron chi connectivity index (χ2n) is 5.74. The summed E-state index contributed by atoms with van der Waals surface area (Å²) in [6, 6.07) is 9.54. The second kappa shape index (κ2) is 7.62. The van der Waals surface area contributed by atoms with Crippen molar-refractivity contribution in [1.29, 1.82) is 0 Å². The van der Waals surface area contributed by atoms with Crippen LogP contribution in [0.5, 0.6) is 0 Å². The van der Waals surface area contributed by atoms with Crippen molar-refractivity contribution in [2.45, 2.75) is 25.1 Å². The number of benzene rings is 1. The van der Waals surface area contributed by atoms with Gasteiger partial charge in [-0.3, -0.25) is 14.5 Å². The Morgan fingerprint density at radius 2 is 2.24 bits per heavy atom. The Balaban J connectivity index is 1.91. The number of nitrogens with two attached hydrogens (primary N) is 1. The van der Waals surface area contributed by atoms with E-state index in [-0.39, 0.29) is 17.6 Å². The van der Waals surface area contributed by atoms with Gasteiger partial charge in [0.05, 0.1) is 6.04 Å². The van der Waals surface area contributed by atoms with Crippen LogP contribution in [0.1, 0.15) is 46.2 Å². The van der Waals surface area contributed by atoms with Crippen molar-refractivity contribution in [3.8, 4) is 0 Å². The highest BCUT2D eigenvalue weighted by Gasteiger charge is 2.36. The largest absolute Gasteiger partial charge is 0.444 e. The molecule has 1 amide bonds. The van der Waals surface area contributed by atoms with Crippen LogP contribution in [0.15, 0.2) is 30.3 Å². The Hall–Kier alpha value is -2.45. The zero-order valence-electron chi connectivity index (χ0n) is 13.8. The normalized spacial score (nSPS) is 18.7. The van der Waals surface area contributed by atoms with Crippen molar-refractivity contribution in [2.75, 3.05) is 19.3 Å². The summed E-state index contributed by atoms with van der Waals surface area (Å²) in [6.07, 6.45) is 1.33. The third-order valence-electron chi connectivity index (χ3n) is 4.26. The number of nitrogens with one attached hydrogen (secondary N) is 1. The third-order valence-corrected chi connectivity index (χ3v) is 5.25. The van der Waals surface area contributed by atoms with Gasteiger partial charge in [0.15, 0.2) is 11.9 Å². The first-order valence-electron chi connectivity index (χ1n) is 8.03. The Bertz CT molecular complexity index is 750. The molecule has 25 heavy (non-hydrogen) atoms.